The number of aliphatic carboxylic acids is 1. The number of carboxylic acid groups (broad SMARTS) is 1. The van der Waals surface area contributed by atoms with E-state index >= 15 is 0 Å². The molecule has 0 aromatic heterocycles. The third kappa shape index (κ3) is 6.10. The van der Waals surface area contributed by atoms with Crippen LogP contribution in [-0.4, -0.2) is 36.5 Å². The van der Waals surface area contributed by atoms with Crippen molar-refractivity contribution in [3.63, 3.8) is 0 Å². The van der Waals surface area contributed by atoms with E-state index in [1.54, 1.807) is 20.8 Å². The van der Waals surface area contributed by atoms with Crippen molar-refractivity contribution in [2.75, 3.05) is 0 Å². The summed E-state index contributed by atoms with van der Waals surface area (Å²) in [5.41, 5.74) is -1.17. The highest BCUT2D eigenvalue weighted by Crippen LogP contribution is 2.21. The molecule has 1 aromatic rings. The van der Waals surface area contributed by atoms with E-state index in [4.69, 9.17) is 5.11 Å². The Labute approximate surface area is 155 Å². The molecule has 0 aliphatic heterocycles. The normalized spacial score (nSPS) is 12.7. The zero-order valence-electron chi connectivity index (χ0n) is 15.9. The van der Waals surface area contributed by atoms with Gasteiger partial charge in [0, 0.05) is 11.1 Å². The summed E-state index contributed by atoms with van der Waals surface area (Å²) in [5.74, 6) is -1.41. The van der Waals surface area contributed by atoms with Crippen LogP contribution < -0.4 is 10.0 Å². The average molecular weight is 384 g/mol. The van der Waals surface area contributed by atoms with E-state index in [0.717, 1.165) is 0 Å². The van der Waals surface area contributed by atoms with Gasteiger partial charge in [0.1, 0.15) is 0 Å². The summed E-state index contributed by atoms with van der Waals surface area (Å²) < 4.78 is 27.1. The number of hydrogen-bond acceptors (Lipinski definition) is 4. The van der Waals surface area contributed by atoms with Crippen molar-refractivity contribution in [2.45, 2.75) is 69.9 Å². The largest absolute Gasteiger partial charge is 0.481 e. The molecule has 0 aliphatic rings. The number of benzene rings is 1. The minimum absolute atomic E-state index is 0.0618. The molecule has 7 nitrogen and oxygen atoms in total. The first-order valence-electron chi connectivity index (χ1n) is 8.52. The van der Waals surface area contributed by atoms with Gasteiger partial charge in [-0.1, -0.05) is 13.8 Å². The van der Waals surface area contributed by atoms with E-state index < -0.39 is 33.0 Å². The SMILES string of the molecule is CCC(CC)(CC(=O)O)NC(=O)c1ccc(S(=O)(=O)NC(C)(C)C)cc1. The third-order valence-corrected chi connectivity index (χ3v) is 5.86. The number of carbonyl (C=O) groups is 2. The van der Waals surface area contributed by atoms with Gasteiger partial charge in [0.15, 0.2) is 0 Å². The van der Waals surface area contributed by atoms with Crippen LogP contribution in [0.1, 0.15) is 64.2 Å². The van der Waals surface area contributed by atoms with Gasteiger partial charge in [0.25, 0.3) is 5.91 Å². The van der Waals surface area contributed by atoms with Crippen molar-refractivity contribution in [1.82, 2.24) is 10.0 Å². The lowest BCUT2D eigenvalue weighted by molar-refractivity contribution is -0.138. The number of rotatable bonds is 8. The average Bonchev–Trinajstić information content (AvgIpc) is 2.51. The van der Waals surface area contributed by atoms with E-state index in [-0.39, 0.29) is 16.9 Å². The molecule has 0 bridgehead atoms. The zero-order chi connectivity index (χ0) is 20.2. The Morgan fingerprint density at radius 2 is 1.54 bits per heavy atom. The maximum Gasteiger partial charge on any atom is 0.305 e. The van der Waals surface area contributed by atoms with Gasteiger partial charge < -0.3 is 10.4 Å². The summed E-state index contributed by atoms with van der Waals surface area (Å²) in [6, 6.07) is 5.56. The minimum atomic E-state index is -3.68. The van der Waals surface area contributed by atoms with Crippen LogP contribution in [0.4, 0.5) is 0 Å². The highest BCUT2D eigenvalue weighted by atomic mass is 32.2. The monoisotopic (exact) mass is 384 g/mol. The molecule has 0 fully saturated rings. The lowest BCUT2D eigenvalue weighted by atomic mass is 9.88. The second-order valence-corrected chi connectivity index (χ2v) is 9.07. The Balaban J connectivity index is 3.01. The Bertz CT molecular complexity index is 745. The second kappa shape index (κ2) is 8.18. The van der Waals surface area contributed by atoms with Gasteiger partial charge in [-0.25, -0.2) is 13.1 Å². The second-order valence-electron chi connectivity index (χ2n) is 7.39. The Kier molecular flexibility index (Phi) is 6.95. The standard InChI is InChI=1S/C18H28N2O5S/c1-6-18(7-2,12-15(21)22)19-16(23)13-8-10-14(11-9-13)26(24,25)20-17(3,4)5/h8-11,20H,6-7,12H2,1-5H3,(H,19,23)(H,21,22). The number of hydrogen-bond donors (Lipinski definition) is 3. The molecule has 1 rings (SSSR count). The van der Waals surface area contributed by atoms with Crippen LogP contribution in [-0.2, 0) is 14.8 Å². The summed E-state index contributed by atoms with van der Waals surface area (Å²) in [7, 11) is -3.68. The highest BCUT2D eigenvalue weighted by Gasteiger charge is 2.31. The third-order valence-electron chi connectivity index (χ3n) is 4.09. The van der Waals surface area contributed by atoms with Gasteiger partial charge in [-0.2, -0.15) is 0 Å². The number of carbonyl (C=O) groups excluding carboxylic acids is 1. The van der Waals surface area contributed by atoms with Gasteiger partial charge in [-0.3, -0.25) is 9.59 Å². The molecule has 0 aliphatic carbocycles. The van der Waals surface area contributed by atoms with Crippen LogP contribution in [0.2, 0.25) is 0 Å². The molecule has 1 amide bonds. The Morgan fingerprint density at radius 3 is 1.92 bits per heavy atom. The molecule has 0 atom stereocenters. The fourth-order valence-electron chi connectivity index (χ4n) is 2.57. The molecule has 3 N–H and O–H groups in total. The highest BCUT2D eigenvalue weighted by molar-refractivity contribution is 7.89. The Hall–Kier alpha value is -1.93. The molecule has 1 aromatic carbocycles. The van der Waals surface area contributed by atoms with Gasteiger partial charge in [-0.15, -0.1) is 0 Å². The molecule has 0 saturated heterocycles. The number of sulfonamides is 1. The predicted octanol–water partition coefficient (Wildman–Crippen LogP) is 2.53. The van der Waals surface area contributed by atoms with Crippen molar-refractivity contribution in [2.24, 2.45) is 0 Å². The van der Waals surface area contributed by atoms with Crippen LogP contribution in [0.3, 0.4) is 0 Å². The molecular weight excluding hydrogens is 356 g/mol. The molecule has 146 valence electrons. The van der Waals surface area contributed by atoms with E-state index in [1.165, 1.54) is 24.3 Å². The van der Waals surface area contributed by atoms with Gasteiger partial charge in [-0.05, 0) is 57.9 Å². The molecule has 26 heavy (non-hydrogen) atoms. The van der Waals surface area contributed by atoms with Gasteiger partial charge in [0.05, 0.1) is 16.9 Å². The lowest BCUT2D eigenvalue weighted by Crippen LogP contribution is -2.49. The van der Waals surface area contributed by atoms with Gasteiger partial charge >= 0.3 is 5.97 Å². The van der Waals surface area contributed by atoms with E-state index in [1.807, 2.05) is 13.8 Å². The number of carboxylic acids is 1. The fraction of sp³-hybridized carbons (Fsp3) is 0.556. The fourth-order valence-corrected chi connectivity index (χ4v) is 3.99. The first-order valence-corrected chi connectivity index (χ1v) is 10.0. The molecule has 8 heteroatoms. The summed E-state index contributed by atoms with van der Waals surface area (Å²) in [5, 5.41) is 11.9. The summed E-state index contributed by atoms with van der Waals surface area (Å²) in [4.78, 5) is 23.6. The Morgan fingerprint density at radius 1 is 1.04 bits per heavy atom. The van der Waals surface area contributed by atoms with E-state index in [9.17, 15) is 18.0 Å². The smallest absolute Gasteiger partial charge is 0.305 e. The maximum absolute atomic E-state index is 12.5. The molecule has 0 radical (unpaired) electrons. The van der Waals surface area contributed by atoms with Crippen LogP contribution in [0.5, 0.6) is 0 Å². The maximum atomic E-state index is 12.5. The summed E-state index contributed by atoms with van der Waals surface area (Å²) in [6.45, 7) is 8.86. The molecule has 0 saturated carbocycles. The number of amides is 1. The predicted molar refractivity (Wildman–Crippen MR) is 99.5 cm³/mol. The van der Waals surface area contributed by atoms with E-state index in [2.05, 4.69) is 10.0 Å². The summed E-state index contributed by atoms with van der Waals surface area (Å²) in [6.07, 6.45) is 0.778. The first kappa shape index (κ1) is 22.1. The minimum Gasteiger partial charge on any atom is -0.481 e. The molecular formula is C18H28N2O5S. The topological polar surface area (TPSA) is 113 Å². The van der Waals surface area contributed by atoms with Crippen LogP contribution in [0.15, 0.2) is 29.2 Å². The van der Waals surface area contributed by atoms with Gasteiger partial charge in [0.2, 0.25) is 10.0 Å². The molecule has 0 spiro atoms. The van der Waals surface area contributed by atoms with Crippen LogP contribution >= 0.6 is 0 Å². The van der Waals surface area contributed by atoms with Crippen LogP contribution in [0.25, 0.3) is 0 Å². The first-order chi connectivity index (χ1) is 11.8. The summed E-state index contributed by atoms with van der Waals surface area (Å²) >= 11 is 0. The molecule has 0 heterocycles. The van der Waals surface area contributed by atoms with Crippen molar-refractivity contribution in [3.05, 3.63) is 29.8 Å². The van der Waals surface area contributed by atoms with Crippen molar-refractivity contribution >= 4 is 21.9 Å². The molecule has 0 unspecified atom stereocenters. The van der Waals surface area contributed by atoms with Crippen molar-refractivity contribution in [1.29, 1.82) is 0 Å². The van der Waals surface area contributed by atoms with Crippen molar-refractivity contribution < 1.29 is 23.1 Å². The quantitative estimate of drug-likeness (QED) is 0.637. The van der Waals surface area contributed by atoms with Crippen LogP contribution in [0, 0.1) is 0 Å². The number of nitrogens with one attached hydrogen (secondary N) is 2. The van der Waals surface area contributed by atoms with E-state index in [0.29, 0.717) is 12.8 Å². The van der Waals surface area contributed by atoms with Crippen molar-refractivity contribution in [3.8, 4) is 0 Å². The lowest BCUT2D eigenvalue weighted by Gasteiger charge is -2.31. The zero-order valence-corrected chi connectivity index (χ0v) is 16.7.